The molecule has 4 heteroatoms. The lowest BCUT2D eigenvalue weighted by atomic mass is 10.1. The fourth-order valence-electron chi connectivity index (χ4n) is 1.63. The van der Waals surface area contributed by atoms with Gasteiger partial charge in [-0.05, 0) is 19.8 Å². The van der Waals surface area contributed by atoms with Crippen LogP contribution in [0.4, 0.5) is 0 Å². The molecule has 80 valence electrons. The van der Waals surface area contributed by atoms with E-state index in [1.54, 1.807) is 6.33 Å². The first kappa shape index (κ1) is 11.2. The third-order valence-electron chi connectivity index (χ3n) is 2.38. The van der Waals surface area contributed by atoms with E-state index in [2.05, 4.69) is 41.3 Å². The van der Waals surface area contributed by atoms with Crippen LogP contribution in [0.2, 0.25) is 0 Å². The first-order valence-electron chi connectivity index (χ1n) is 5.39. The number of rotatable bonds is 6. The minimum absolute atomic E-state index is 0.305. The summed E-state index contributed by atoms with van der Waals surface area (Å²) < 4.78 is 0. The second-order valence-corrected chi connectivity index (χ2v) is 3.69. The van der Waals surface area contributed by atoms with Crippen LogP contribution in [0, 0.1) is 0 Å². The molecular weight excluding hydrogens is 176 g/mol. The lowest BCUT2D eigenvalue weighted by molar-refractivity contribution is 0.412. The number of aromatic nitrogens is 3. The SMILES string of the molecule is CCCC(C)NC(CC)c1ncn[nH]1. The summed E-state index contributed by atoms with van der Waals surface area (Å²) in [5.41, 5.74) is 0. The standard InChI is InChI=1S/C10H20N4/c1-4-6-8(3)13-9(5-2)10-11-7-12-14-10/h7-9,13H,4-6H2,1-3H3,(H,11,12,14). The number of hydrogen-bond acceptors (Lipinski definition) is 3. The van der Waals surface area contributed by atoms with Crippen LogP contribution in [0.1, 0.15) is 51.9 Å². The van der Waals surface area contributed by atoms with Crippen LogP contribution in [0.3, 0.4) is 0 Å². The van der Waals surface area contributed by atoms with Gasteiger partial charge in [-0.2, -0.15) is 5.10 Å². The number of H-pyrrole nitrogens is 1. The molecule has 0 fully saturated rings. The molecule has 0 aliphatic heterocycles. The third-order valence-corrected chi connectivity index (χ3v) is 2.38. The second kappa shape index (κ2) is 5.75. The normalized spacial score (nSPS) is 15.4. The molecule has 4 nitrogen and oxygen atoms in total. The molecule has 1 rings (SSSR count). The molecule has 0 bridgehead atoms. The minimum atomic E-state index is 0.305. The molecule has 14 heavy (non-hydrogen) atoms. The zero-order valence-electron chi connectivity index (χ0n) is 9.25. The van der Waals surface area contributed by atoms with Gasteiger partial charge in [0.1, 0.15) is 12.2 Å². The zero-order chi connectivity index (χ0) is 10.4. The van der Waals surface area contributed by atoms with Gasteiger partial charge in [-0.25, -0.2) is 4.98 Å². The number of aromatic amines is 1. The molecule has 0 saturated heterocycles. The van der Waals surface area contributed by atoms with Crippen LogP contribution in [-0.4, -0.2) is 21.2 Å². The summed E-state index contributed by atoms with van der Waals surface area (Å²) in [5, 5.41) is 10.3. The van der Waals surface area contributed by atoms with E-state index in [0.717, 1.165) is 12.2 Å². The highest BCUT2D eigenvalue weighted by Gasteiger charge is 2.13. The van der Waals surface area contributed by atoms with Gasteiger partial charge >= 0.3 is 0 Å². The monoisotopic (exact) mass is 196 g/mol. The summed E-state index contributed by atoms with van der Waals surface area (Å²) >= 11 is 0. The van der Waals surface area contributed by atoms with Crippen molar-refractivity contribution in [3.8, 4) is 0 Å². The van der Waals surface area contributed by atoms with E-state index in [1.165, 1.54) is 12.8 Å². The molecule has 0 radical (unpaired) electrons. The van der Waals surface area contributed by atoms with Gasteiger partial charge in [0.15, 0.2) is 0 Å². The van der Waals surface area contributed by atoms with E-state index in [4.69, 9.17) is 0 Å². The van der Waals surface area contributed by atoms with Crippen molar-refractivity contribution in [2.75, 3.05) is 0 Å². The highest BCUT2D eigenvalue weighted by atomic mass is 15.2. The fourth-order valence-corrected chi connectivity index (χ4v) is 1.63. The van der Waals surface area contributed by atoms with Crippen molar-refractivity contribution < 1.29 is 0 Å². The molecule has 0 amide bonds. The van der Waals surface area contributed by atoms with Crippen molar-refractivity contribution >= 4 is 0 Å². The predicted octanol–water partition coefficient (Wildman–Crippen LogP) is 2.03. The van der Waals surface area contributed by atoms with E-state index in [9.17, 15) is 0 Å². The molecular formula is C10H20N4. The number of nitrogens with one attached hydrogen (secondary N) is 2. The summed E-state index contributed by atoms with van der Waals surface area (Å²) in [6, 6.07) is 0.842. The largest absolute Gasteiger partial charge is 0.305 e. The zero-order valence-corrected chi connectivity index (χ0v) is 9.25. The topological polar surface area (TPSA) is 53.6 Å². The summed E-state index contributed by atoms with van der Waals surface area (Å²) in [5.74, 6) is 0.940. The van der Waals surface area contributed by atoms with E-state index in [-0.39, 0.29) is 0 Å². The maximum Gasteiger partial charge on any atom is 0.141 e. The van der Waals surface area contributed by atoms with Crippen molar-refractivity contribution in [2.45, 2.75) is 52.1 Å². The van der Waals surface area contributed by atoms with E-state index >= 15 is 0 Å². The van der Waals surface area contributed by atoms with Crippen molar-refractivity contribution in [3.63, 3.8) is 0 Å². The molecule has 2 N–H and O–H groups in total. The van der Waals surface area contributed by atoms with Crippen LogP contribution in [0.25, 0.3) is 0 Å². The average Bonchev–Trinajstić information content (AvgIpc) is 2.67. The van der Waals surface area contributed by atoms with Gasteiger partial charge in [0.05, 0.1) is 6.04 Å². The fraction of sp³-hybridized carbons (Fsp3) is 0.800. The lowest BCUT2D eigenvalue weighted by Crippen LogP contribution is -2.30. The molecule has 0 aromatic carbocycles. The van der Waals surface area contributed by atoms with Crippen LogP contribution < -0.4 is 5.32 Å². The molecule has 2 atom stereocenters. The van der Waals surface area contributed by atoms with E-state index < -0.39 is 0 Å². The highest BCUT2D eigenvalue weighted by molar-refractivity contribution is 4.91. The van der Waals surface area contributed by atoms with Crippen molar-refractivity contribution in [1.29, 1.82) is 0 Å². The summed E-state index contributed by atoms with van der Waals surface area (Å²) in [6.45, 7) is 6.56. The Hall–Kier alpha value is -0.900. The Morgan fingerprint density at radius 3 is 2.79 bits per heavy atom. The molecule has 1 heterocycles. The Balaban J connectivity index is 2.47. The molecule has 2 unspecified atom stereocenters. The van der Waals surface area contributed by atoms with Gasteiger partial charge in [0, 0.05) is 6.04 Å². The smallest absolute Gasteiger partial charge is 0.141 e. The average molecular weight is 196 g/mol. The second-order valence-electron chi connectivity index (χ2n) is 3.69. The summed E-state index contributed by atoms with van der Waals surface area (Å²) in [6.07, 6.45) is 5.00. The Bertz CT molecular complexity index is 232. The van der Waals surface area contributed by atoms with Gasteiger partial charge in [0.2, 0.25) is 0 Å². The van der Waals surface area contributed by atoms with Crippen LogP contribution in [0.5, 0.6) is 0 Å². The quantitative estimate of drug-likeness (QED) is 0.732. The molecule has 1 aromatic heterocycles. The first-order chi connectivity index (χ1) is 6.77. The molecule has 1 aromatic rings. The van der Waals surface area contributed by atoms with Gasteiger partial charge in [-0.3, -0.25) is 5.10 Å². The van der Waals surface area contributed by atoms with Crippen molar-refractivity contribution in [3.05, 3.63) is 12.2 Å². The van der Waals surface area contributed by atoms with Crippen LogP contribution in [0.15, 0.2) is 6.33 Å². The Morgan fingerprint density at radius 1 is 1.50 bits per heavy atom. The van der Waals surface area contributed by atoms with Gasteiger partial charge < -0.3 is 5.32 Å². The molecule has 0 aliphatic carbocycles. The Morgan fingerprint density at radius 2 is 2.29 bits per heavy atom. The molecule has 0 spiro atoms. The Kier molecular flexibility index (Phi) is 4.59. The van der Waals surface area contributed by atoms with Crippen LogP contribution >= 0.6 is 0 Å². The van der Waals surface area contributed by atoms with E-state index in [1.807, 2.05) is 0 Å². The van der Waals surface area contributed by atoms with E-state index in [0.29, 0.717) is 12.1 Å². The minimum Gasteiger partial charge on any atom is -0.305 e. The number of hydrogen-bond donors (Lipinski definition) is 2. The van der Waals surface area contributed by atoms with Gasteiger partial charge in [-0.15, -0.1) is 0 Å². The maximum absolute atomic E-state index is 4.17. The lowest BCUT2D eigenvalue weighted by Gasteiger charge is -2.19. The van der Waals surface area contributed by atoms with Gasteiger partial charge in [0.25, 0.3) is 0 Å². The third kappa shape index (κ3) is 3.10. The van der Waals surface area contributed by atoms with Crippen LogP contribution in [-0.2, 0) is 0 Å². The summed E-state index contributed by atoms with van der Waals surface area (Å²) in [7, 11) is 0. The van der Waals surface area contributed by atoms with Crippen molar-refractivity contribution in [2.24, 2.45) is 0 Å². The van der Waals surface area contributed by atoms with Crippen molar-refractivity contribution in [1.82, 2.24) is 20.5 Å². The first-order valence-corrected chi connectivity index (χ1v) is 5.39. The highest BCUT2D eigenvalue weighted by Crippen LogP contribution is 2.12. The Labute approximate surface area is 85.5 Å². The van der Waals surface area contributed by atoms with Gasteiger partial charge in [-0.1, -0.05) is 20.3 Å². The maximum atomic E-state index is 4.17. The summed E-state index contributed by atoms with van der Waals surface area (Å²) in [4.78, 5) is 4.17. The molecule has 0 saturated carbocycles. The predicted molar refractivity (Wildman–Crippen MR) is 56.9 cm³/mol. The molecule has 0 aliphatic rings. The number of nitrogens with zero attached hydrogens (tertiary/aromatic N) is 2.